The SMILES string of the molecule is CC(Cc1ccc(-c2cc(O)nc(N)n2)cc1)C(=O)O. The third-order valence-corrected chi connectivity index (χ3v) is 2.94. The van der Waals surface area contributed by atoms with Crippen LogP contribution in [0.15, 0.2) is 30.3 Å². The zero-order valence-electron chi connectivity index (χ0n) is 10.9. The number of nitrogen functional groups attached to an aromatic ring is 1. The first-order chi connectivity index (χ1) is 9.45. The normalized spacial score (nSPS) is 12.1. The summed E-state index contributed by atoms with van der Waals surface area (Å²) in [6.45, 7) is 1.67. The molecular formula is C14H15N3O3. The lowest BCUT2D eigenvalue weighted by atomic mass is 9.99. The molecule has 1 atom stereocenters. The van der Waals surface area contributed by atoms with Crippen LogP contribution in [0.1, 0.15) is 12.5 Å². The van der Waals surface area contributed by atoms with E-state index in [1.165, 1.54) is 6.07 Å². The summed E-state index contributed by atoms with van der Waals surface area (Å²) in [5.41, 5.74) is 7.70. The Bertz CT molecular complexity index is 606. The lowest BCUT2D eigenvalue weighted by molar-refractivity contribution is -0.141. The van der Waals surface area contributed by atoms with E-state index in [9.17, 15) is 9.90 Å². The van der Waals surface area contributed by atoms with Crippen LogP contribution in [0.2, 0.25) is 0 Å². The third kappa shape index (κ3) is 3.23. The second kappa shape index (κ2) is 5.56. The first-order valence-electron chi connectivity index (χ1n) is 6.11. The highest BCUT2D eigenvalue weighted by Crippen LogP contribution is 2.22. The van der Waals surface area contributed by atoms with Gasteiger partial charge < -0.3 is 15.9 Å². The van der Waals surface area contributed by atoms with E-state index in [2.05, 4.69) is 9.97 Å². The fourth-order valence-corrected chi connectivity index (χ4v) is 1.85. The Morgan fingerprint density at radius 3 is 2.50 bits per heavy atom. The molecule has 0 aliphatic carbocycles. The van der Waals surface area contributed by atoms with E-state index in [4.69, 9.17) is 10.8 Å². The molecule has 1 aromatic carbocycles. The molecule has 6 nitrogen and oxygen atoms in total. The summed E-state index contributed by atoms with van der Waals surface area (Å²) < 4.78 is 0. The molecule has 20 heavy (non-hydrogen) atoms. The standard InChI is InChI=1S/C14H15N3O3/c1-8(13(19)20)6-9-2-4-10(5-3-9)11-7-12(18)17-14(15)16-11/h2-5,7-8H,6H2,1H3,(H,19,20)(H3,15,16,17,18). The monoisotopic (exact) mass is 273 g/mol. The van der Waals surface area contributed by atoms with Gasteiger partial charge in [-0.25, -0.2) is 4.98 Å². The summed E-state index contributed by atoms with van der Waals surface area (Å²) >= 11 is 0. The Morgan fingerprint density at radius 1 is 1.30 bits per heavy atom. The van der Waals surface area contributed by atoms with Crippen LogP contribution in [0.5, 0.6) is 5.88 Å². The van der Waals surface area contributed by atoms with Crippen molar-refractivity contribution in [3.8, 4) is 17.1 Å². The Balaban J connectivity index is 2.21. The first kappa shape index (κ1) is 13.8. The molecule has 0 radical (unpaired) electrons. The van der Waals surface area contributed by atoms with Gasteiger partial charge in [0.05, 0.1) is 11.6 Å². The van der Waals surface area contributed by atoms with Crippen molar-refractivity contribution in [3.05, 3.63) is 35.9 Å². The number of aliphatic carboxylic acids is 1. The van der Waals surface area contributed by atoms with E-state index in [1.807, 2.05) is 24.3 Å². The van der Waals surface area contributed by atoms with Gasteiger partial charge in [0, 0.05) is 11.6 Å². The van der Waals surface area contributed by atoms with Gasteiger partial charge in [0.1, 0.15) is 0 Å². The van der Waals surface area contributed by atoms with Gasteiger partial charge in [-0.05, 0) is 12.0 Å². The second-order valence-electron chi connectivity index (χ2n) is 4.61. The van der Waals surface area contributed by atoms with Crippen molar-refractivity contribution in [2.24, 2.45) is 5.92 Å². The van der Waals surface area contributed by atoms with Crippen LogP contribution in [-0.2, 0) is 11.2 Å². The van der Waals surface area contributed by atoms with E-state index in [-0.39, 0.29) is 11.8 Å². The van der Waals surface area contributed by atoms with E-state index >= 15 is 0 Å². The summed E-state index contributed by atoms with van der Waals surface area (Å²) in [5.74, 6) is -1.43. The lowest BCUT2D eigenvalue weighted by Gasteiger charge is -2.07. The minimum atomic E-state index is -0.817. The van der Waals surface area contributed by atoms with Crippen LogP contribution in [0.25, 0.3) is 11.3 Å². The van der Waals surface area contributed by atoms with Crippen LogP contribution in [0.4, 0.5) is 5.95 Å². The molecule has 0 amide bonds. The van der Waals surface area contributed by atoms with Gasteiger partial charge in [-0.2, -0.15) is 4.98 Å². The van der Waals surface area contributed by atoms with Crippen molar-refractivity contribution in [2.75, 3.05) is 5.73 Å². The predicted molar refractivity (Wildman–Crippen MR) is 74.0 cm³/mol. The summed E-state index contributed by atoms with van der Waals surface area (Å²) in [6.07, 6.45) is 0.465. The molecule has 2 rings (SSSR count). The molecule has 1 aromatic heterocycles. The fourth-order valence-electron chi connectivity index (χ4n) is 1.85. The molecule has 0 aliphatic heterocycles. The van der Waals surface area contributed by atoms with Gasteiger partial charge >= 0.3 is 5.97 Å². The summed E-state index contributed by atoms with van der Waals surface area (Å²) in [6, 6.07) is 8.72. The number of rotatable bonds is 4. The lowest BCUT2D eigenvalue weighted by Crippen LogP contribution is -2.12. The maximum absolute atomic E-state index is 10.8. The van der Waals surface area contributed by atoms with Crippen LogP contribution >= 0.6 is 0 Å². The van der Waals surface area contributed by atoms with E-state index in [0.717, 1.165) is 11.1 Å². The van der Waals surface area contributed by atoms with Crippen LogP contribution in [-0.4, -0.2) is 26.2 Å². The van der Waals surface area contributed by atoms with E-state index < -0.39 is 11.9 Å². The van der Waals surface area contributed by atoms with Gasteiger partial charge in [-0.1, -0.05) is 31.2 Å². The van der Waals surface area contributed by atoms with Crippen LogP contribution in [0, 0.1) is 5.92 Å². The second-order valence-corrected chi connectivity index (χ2v) is 4.61. The molecule has 0 aliphatic rings. The fraction of sp³-hybridized carbons (Fsp3) is 0.214. The molecule has 0 bridgehead atoms. The number of benzene rings is 1. The van der Waals surface area contributed by atoms with Crippen molar-refractivity contribution >= 4 is 11.9 Å². The molecular weight excluding hydrogens is 258 g/mol. The number of hydrogen-bond donors (Lipinski definition) is 3. The zero-order chi connectivity index (χ0) is 14.7. The first-order valence-corrected chi connectivity index (χ1v) is 6.11. The highest BCUT2D eigenvalue weighted by Gasteiger charge is 2.11. The predicted octanol–water partition coefficient (Wildman–Crippen LogP) is 1.69. The Morgan fingerprint density at radius 2 is 1.95 bits per heavy atom. The van der Waals surface area contributed by atoms with Crippen molar-refractivity contribution in [3.63, 3.8) is 0 Å². The number of carboxylic acids is 1. The number of nitrogens with two attached hydrogens (primary N) is 1. The number of aromatic nitrogens is 2. The van der Waals surface area contributed by atoms with Gasteiger partial charge in [-0.15, -0.1) is 0 Å². The largest absolute Gasteiger partial charge is 0.493 e. The topological polar surface area (TPSA) is 109 Å². The maximum atomic E-state index is 10.8. The van der Waals surface area contributed by atoms with Gasteiger partial charge in [-0.3, -0.25) is 4.79 Å². The average Bonchev–Trinajstić information content (AvgIpc) is 2.38. The quantitative estimate of drug-likeness (QED) is 0.782. The van der Waals surface area contributed by atoms with Crippen molar-refractivity contribution in [2.45, 2.75) is 13.3 Å². The number of nitrogens with zero attached hydrogens (tertiary/aromatic N) is 2. The average molecular weight is 273 g/mol. The third-order valence-electron chi connectivity index (χ3n) is 2.94. The molecule has 0 saturated carbocycles. The Kier molecular flexibility index (Phi) is 3.84. The minimum absolute atomic E-state index is 0.00331. The number of hydrogen-bond acceptors (Lipinski definition) is 5. The smallest absolute Gasteiger partial charge is 0.306 e. The summed E-state index contributed by atoms with van der Waals surface area (Å²) in [5, 5.41) is 18.3. The van der Waals surface area contributed by atoms with Crippen LogP contribution < -0.4 is 5.73 Å². The maximum Gasteiger partial charge on any atom is 0.306 e. The number of carbonyl (C=O) groups is 1. The van der Waals surface area contributed by atoms with Crippen molar-refractivity contribution in [1.82, 2.24) is 9.97 Å². The number of carboxylic acid groups (broad SMARTS) is 1. The van der Waals surface area contributed by atoms with E-state index in [0.29, 0.717) is 12.1 Å². The summed E-state index contributed by atoms with van der Waals surface area (Å²) in [4.78, 5) is 18.4. The van der Waals surface area contributed by atoms with E-state index in [1.54, 1.807) is 6.92 Å². The molecule has 1 unspecified atom stereocenters. The van der Waals surface area contributed by atoms with Gasteiger partial charge in [0.15, 0.2) is 0 Å². The molecule has 1 heterocycles. The van der Waals surface area contributed by atoms with Crippen LogP contribution in [0.3, 0.4) is 0 Å². The summed E-state index contributed by atoms with van der Waals surface area (Å²) in [7, 11) is 0. The zero-order valence-corrected chi connectivity index (χ0v) is 10.9. The highest BCUT2D eigenvalue weighted by atomic mass is 16.4. The Labute approximate surface area is 115 Å². The molecule has 0 spiro atoms. The minimum Gasteiger partial charge on any atom is -0.493 e. The molecule has 104 valence electrons. The molecule has 2 aromatic rings. The molecule has 6 heteroatoms. The van der Waals surface area contributed by atoms with Crippen molar-refractivity contribution in [1.29, 1.82) is 0 Å². The molecule has 0 fully saturated rings. The van der Waals surface area contributed by atoms with Gasteiger partial charge in [0.25, 0.3) is 0 Å². The number of aromatic hydroxyl groups is 1. The highest BCUT2D eigenvalue weighted by molar-refractivity contribution is 5.70. The number of anilines is 1. The van der Waals surface area contributed by atoms with Gasteiger partial charge in [0.2, 0.25) is 11.8 Å². The Hall–Kier alpha value is -2.63. The van der Waals surface area contributed by atoms with Crippen molar-refractivity contribution < 1.29 is 15.0 Å². The molecule has 0 saturated heterocycles. The molecule has 4 N–H and O–H groups in total.